The van der Waals surface area contributed by atoms with Crippen LogP contribution >= 0.6 is 11.6 Å². The molecular formula is C22H16ClFN2O2S. The maximum atomic E-state index is 13.3. The van der Waals surface area contributed by atoms with Gasteiger partial charge in [0.05, 0.1) is 11.4 Å². The summed E-state index contributed by atoms with van der Waals surface area (Å²) >= 11 is 4.13. The molecule has 4 aromatic rings. The minimum Gasteiger partial charge on any atom is -0.306 e. The molecule has 0 aliphatic heterocycles. The molecular weight excluding hydrogens is 411 g/mol. The van der Waals surface area contributed by atoms with Crippen molar-refractivity contribution < 1.29 is 13.2 Å². The first-order valence-corrected chi connectivity index (χ1v) is 10.4. The fourth-order valence-electron chi connectivity index (χ4n) is 3.03. The van der Waals surface area contributed by atoms with Crippen molar-refractivity contribution in [2.24, 2.45) is 0 Å². The van der Waals surface area contributed by atoms with E-state index in [0.717, 1.165) is 22.4 Å². The number of aromatic nitrogens is 2. The van der Waals surface area contributed by atoms with Gasteiger partial charge in [0, 0.05) is 28.0 Å². The van der Waals surface area contributed by atoms with E-state index in [9.17, 15) is 8.60 Å². The van der Waals surface area contributed by atoms with Gasteiger partial charge in [-0.2, -0.15) is 0 Å². The van der Waals surface area contributed by atoms with Crippen molar-refractivity contribution >= 4 is 22.7 Å². The Kier molecular flexibility index (Phi) is 5.58. The van der Waals surface area contributed by atoms with E-state index in [1.165, 1.54) is 12.1 Å². The summed E-state index contributed by atoms with van der Waals surface area (Å²) in [6.45, 7) is 0. The van der Waals surface area contributed by atoms with E-state index in [1.807, 2.05) is 47.2 Å². The summed E-state index contributed by atoms with van der Waals surface area (Å²) in [5.74, 6) is 0.483. The smallest absolute Gasteiger partial charge is 0.157 e. The number of hydrogen-bond donors (Lipinski definition) is 1. The molecule has 0 radical (unpaired) electrons. The van der Waals surface area contributed by atoms with Crippen LogP contribution in [-0.4, -0.2) is 18.3 Å². The molecule has 0 aliphatic carbocycles. The molecule has 146 valence electrons. The fourth-order valence-corrected chi connectivity index (χ4v) is 3.64. The van der Waals surface area contributed by atoms with Crippen LogP contribution in [-0.2, 0) is 16.8 Å². The van der Waals surface area contributed by atoms with Crippen molar-refractivity contribution in [2.45, 2.75) is 5.75 Å². The first-order chi connectivity index (χ1) is 14.0. The number of rotatable bonds is 5. The number of benzene rings is 3. The summed E-state index contributed by atoms with van der Waals surface area (Å²) in [6.07, 6.45) is 1.89. The van der Waals surface area contributed by atoms with Gasteiger partial charge < -0.3 is 4.55 Å². The second-order valence-corrected chi connectivity index (χ2v) is 7.83. The van der Waals surface area contributed by atoms with Crippen LogP contribution < -0.4 is 0 Å². The third-order valence-electron chi connectivity index (χ3n) is 4.45. The van der Waals surface area contributed by atoms with Crippen LogP contribution in [0.4, 0.5) is 4.39 Å². The predicted octanol–water partition coefficient (Wildman–Crippen LogP) is 5.72. The lowest BCUT2D eigenvalue weighted by molar-refractivity contribution is 0.563. The van der Waals surface area contributed by atoms with E-state index in [0.29, 0.717) is 16.5 Å². The highest BCUT2D eigenvalue weighted by Crippen LogP contribution is 2.29. The Hall–Kier alpha value is -2.80. The lowest BCUT2D eigenvalue weighted by atomic mass is 10.2. The van der Waals surface area contributed by atoms with Gasteiger partial charge in [-0.05, 0) is 66.2 Å². The van der Waals surface area contributed by atoms with Gasteiger partial charge in [0.1, 0.15) is 11.6 Å². The largest absolute Gasteiger partial charge is 0.306 e. The van der Waals surface area contributed by atoms with Crippen molar-refractivity contribution in [1.82, 2.24) is 9.55 Å². The molecule has 0 saturated heterocycles. The molecule has 4 rings (SSSR count). The second-order valence-electron chi connectivity index (χ2n) is 6.47. The minimum atomic E-state index is -1.89. The van der Waals surface area contributed by atoms with E-state index in [1.54, 1.807) is 24.3 Å². The highest BCUT2D eigenvalue weighted by Gasteiger charge is 2.14. The van der Waals surface area contributed by atoms with Crippen molar-refractivity contribution in [3.8, 4) is 28.3 Å². The Labute approximate surface area is 174 Å². The monoisotopic (exact) mass is 426 g/mol. The normalized spacial score (nSPS) is 12.1. The third-order valence-corrected chi connectivity index (χ3v) is 5.29. The maximum absolute atomic E-state index is 13.3. The molecule has 1 atom stereocenters. The minimum absolute atomic E-state index is 0.0785. The lowest BCUT2D eigenvalue weighted by Gasteiger charge is -2.09. The molecule has 0 bridgehead atoms. The van der Waals surface area contributed by atoms with Crippen molar-refractivity contribution in [2.75, 3.05) is 0 Å². The molecule has 0 fully saturated rings. The molecule has 29 heavy (non-hydrogen) atoms. The Bertz CT molecular complexity index is 1160. The van der Waals surface area contributed by atoms with Crippen LogP contribution in [0.15, 0.2) is 79.0 Å². The van der Waals surface area contributed by atoms with Crippen LogP contribution in [0.1, 0.15) is 5.56 Å². The van der Waals surface area contributed by atoms with Crippen molar-refractivity contribution in [3.05, 3.63) is 95.4 Å². The van der Waals surface area contributed by atoms with Crippen LogP contribution in [0.2, 0.25) is 5.02 Å². The molecule has 1 heterocycles. The van der Waals surface area contributed by atoms with Gasteiger partial charge in [0.25, 0.3) is 0 Å². The Balaban J connectivity index is 1.81. The molecule has 0 saturated carbocycles. The van der Waals surface area contributed by atoms with Gasteiger partial charge in [0.2, 0.25) is 0 Å². The highest BCUT2D eigenvalue weighted by molar-refractivity contribution is 7.78. The molecule has 3 aromatic carbocycles. The zero-order valence-corrected chi connectivity index (χ0v) is 16.7. The van der Waals surface area contributed by atoms with E-state index in [2.05, 4.69) is 0 Å². The Morgan fingerprint density at radius 1 is 0.931 bits per heavy atom. The zero-order chi connectivity index (χ0) is 20.4. The van der Waals surface area contributed by atoms with Gasteiger partial charge in [0.15, 0.2) is 11.1 Å². The molecule has 1 unspecified atom stereocenters. The summed E-state index contributed by atoms with van der Waals surface area (Å²) in [5.41, 5.74) is 4.00. The Morgan fingerprint density at radius 3 is 2.17 bits per heavy atom. The SMILES string of the molecule is O=S(O)Cc1ccc(-n2cc(-c3ccc(F)cc3)nc2-c2ccc(Cl)cc2)cc1. The molecule has 7 heteroatoms. The van der Waals surface area contributed by atoms with Crippen LogP contribution in [0.3, 0.4) is 0 Å². The summed E-state index contributed by atoms with van der Waals surface area (Å²) < 4.78 is 35.3. The van der Waals surface area contributed by atoms with Gasteiger partial charge in [-0.15, -0.1) is 0 Å². The number of halogens is 2. The van der Waals surface area contributed by atoms with Gasteiger partial charge in [-0.25, -0.2) is 13.6 Å². The Morgan fingerprint density at radius 2 is 1.55 bits per heavy atom. The topological polar surface area (TPSA) is 55.1 Å². The molecule has 1 N–H and O–H groups in total. The van der Waals surface area contributed by atoms with E-state index < -0.39 is 11.1 Å². The summed E-state index contributed by atoms with van der Waals surface area (Å²) in [7, 11) is 0. The van der Waals surface area contributed by atoms with Crippen LogP contribution in [0.25, 0.3) is 28.3 Å². The van der Waals surface area contributed by atoms with Gasteiger partial charge >= 0.3 is 0 Å². The fraction of sp³-hybridized carbons (Fsp3) is 0.0455. The number of hydrogen-bond acceptors (Lipinski definition) is 2. The van der Waals surface area contributed by atoms with E-state index in [-0.39, 0.29) is 11.6 Å². The predicted molar refractivity (Wildman–Crippen MR) is 114 cm³/mol. The lowest BCUT2D eigenvalue weighted by Crippen LogP contribution is -1.98. The average Bonchev–Trinajstić information content (AvgIpc) is 3.14. The average molecular weight is 427 g/mol. The van der Waals surface area contributed by atoms with Crippen molar-refractivity contribution in [1.29, 1.82) is 0 Å². The highest BCUT2D eigenvalue weighted by atomic mass is 35.5. The molecule has 1 aromatic heterocycles. The van der Waals surface area contributed by atoms with Crippen molar-refractivity contribution in [3.63, 3.8) is 0 Å². The summed E-state index contributed by atoms with van der Waals surface area (Å²) in [6, 6.07) is 20.9. The second kappa shape index (κ2) is 8.29. The number of nitrogens with zero attached hydrogens (tertiary/aromatic N) is 2. The quantitative estimate of drug-likeness (QED) is 0.415. The van der Waals surface area contributed by atoms with Gasteiger partial charge in [-0.1, -0.05) is 23.7 Å². The van der Waals surface area contributed by atoms with Crippen LogP contribution in [0.5, 0.6) is 0 Å². The van der Waals surface area contributed by atoms with Gasteiger partial charge in [-0.3, -0.25) is 4.57 Å². The molecule has 0 amide bonds. The number of imidazole rings is 1. The molecule has 0 spiro atoms. The van der Waals surface area contributed by atoms with E-state index in [4.69, 9.17) is 21.1 Å². The third kappa shape index (κ3) is 4.45. The first-order valence-electron chi connectivity index (χ1n) is 8.77. The molecule has 0 aliphatic rings. The first kappa shape index (κ1) is 19.5. The molecule has 4 nitrogen and oxygen atoms in total. The summed E-state index contributed by atoms with van der Waals surface area (Å²) in [5, 5.41) is 0.631. The zero-order valence-electron chi connectivity index (χ0n) is 15.1. The maximum Gasteiger partial charge on any atom is 0.157 e. The standard InChI is InChI=1S/C22H16ClFN2O2S/c23-18-7-3-17(4-8-18)22-25-21(16-5-9-19(24)10-6-16)13-26(22)20-11-1-15(2-12-20)14-29(27)28/h1-13H,14H2,(H,27,28). The van der Waals surface area contributed by atoms with E-state index >= 15 is 0 Å². The van der Waals surface area contributed by atoms with Crippen LogP contribution in [0, 0.1) is 5.82 Å². The summed E-state index contributed by atoms with van der Waals surface area (Å²) in [4.78, 5) is 4.77.